The topological polar surface area (TPSA) is 81.7 Å². The fourth-order valence-electron chi connectivity index (χ4n) is 2.48. The third-order valence-electron chi connectivity index (χ3n) is 3.64. The molecular weight excluding hydrogens is 274 g/mol. The molecule has 6 nitrogen and oxygen atoms in total. The van der Waals surface area contributed by atoms with Gasteiger partial charge in [0.2, 0.25) is 5.54 Å². The first-order valence-corrected chi connectivity index (χ1v) is 7.66. The maximum Gasteiger partial charge on any atom is 0.338 e. The van der Waals surface area contributed by atoms with Gasteiger partial charge in [-0.1, -0.05) is 13.3 Å². The van der Waals surface area contributed by atoms with Crippen LogP contribution in [0, 0.1) is 0 Å². The van der Waals surface area contributed by atoms with E-state index in [1.165, 1.54) is 0 Å². The second-order valence-corrected chi connectivity index (χ2v) is 5.15. The molecule has 1 saturated heterocycles. The maximum atomic E-state index is 12.2. The average molecular weight is 299 g/mol. The smallest absolute Gasteiger partial charge is 0.338 e. The third-order valence-corrected chi connectivity index (χ3v) is 3.64. The highest BCUT2D eigenvalue weighted by Crippen LogP contribution is 2.28. The van der Waals surface area contributed by atoms with Crippen LogP contribution in [0.1, 0.15) is 52.9 Å². The Labute approximate surface area is 125 Å². The zero-order valence-electron chi connectivity index (χ0n) is 13.1. The van der Waals surface area contributed by atoms with Gasteiger partial charge in [-0.15, -0.1) is 0 Å². The number of Topliss-reactive ketones (excluding diaryl/α,β-unsaturated/α-hetero) is 1. The molecule has 0 spiro atoms. The number of esters is 2. The summed E-state index contributed by atoms with van der Waals surface area (Å²) in [6.07, 6.45) is 2.87. The lowest BCUT2D eigenvalue weighted by molar-refractivity contribution is -0.165. The molecule has 1 aliphatic rings. The van der Waals surface area contributed by atoms with E-state index in [-0.39, 0.29) is 25.4 Å². The van der Waals surface area contributed by atoms with E-state index in [0.717, 1.165) is 12.8 Å². The highest BCUT2D eigenvalue weighted by Gasteiger charge is 2.54. The van der Waals surface area contributed by atoms with E-state index in [2.05, 4.69) is 5.32 Å². The second kappa shape index (κ2) is 8.12. The average Bonchev–Trinajstić information content (AvgIpc) is 2.92. The number of ether oxygens (including phenoxy) is 2. The van der Waals surface area contributed by atoms with Crippen LogP contribution in [0.4, 0.5) is 0 Å². The number of hydrogen-bond acceptors (Lipinski definition) is 6. The molecule has 1 aliphatic heterocycles. The first kappa shape index (κ1) is 17.6. The number of nitrogens with one attached hydrogen (secondary N) is 1. The maximum absolute atomic E-state index is 12.2. The van der Waals surface area contributed by atoms with E-state index < -0.39 is 23.5 Å². The largest absolute Gasteiger partial charge is 0.464 e. The molecule has 21 heavy (non-hydrogen) atoms. The van der Waals surface area contributed by atoms with Crippen molar-refractivity contribution < 1.29 is 23.9 Å². The first-order chi connectivity index (χ1) is 10.0. The van der Waals surface area contributed by atoms with Crippen molar-refractivity contribution in [2.24, 2.45) is 0 Å². The standard InChI is InChI=1S/C15H25NO5/c1-4-7-8-12(17)11-9-10-15(16-11,13(18)20-5-2)14(19)21-6-3/h11,16H,4-10H2,1-3H3. The lowest BCUT2D eigenvalue weighted by Crippen LogP contribution is -2.58. The Morgan fingerprint density at radius 3 is 2.14 bits per heavy atom. The fourth-order valence-corrected chi connectivity index (χ4v) is 2.48. The Hall–Kier alpha value is -1.43. The van der Waals surface area contributed by atoms with Crippen LogP contribution in [-0.2, 0) is 23.9 Å². The predicted molar refractivity (Wildman–Crippen MR) is 76.7 cm³/mol. The Morgan fingerprint density at radius 1 is 1.10 bits per heavy atom. The molecule has 1 rings (SSSR count). The summed E-state index contributed by atoms with van der Waals surface area (Å²) in [5.74, 6) is -1.28. The van der Waals surface area contributed by atoms with Gasteiger partial charge in [-0.05, 0) is 33.1 Å². The minimum Gasteiger partial charge on any atom is -0.464 e. The molecule has 120 valence electrons. The van der Waals surface area contributed by atoms with Crippen LogP contribution < -0.4 is 5.32 Å². The summed E-state index contributed by atoms with van der Waals surface area (Å²) in [6, 6.07) is -0.481. The van der Waals surface area contributed by atoms with E-state index >= 15 is 0 Å². The van der Waals surface area contributed by atoms with Crippen molar-refractivity contribution in [2.75, 3.05) is 13.2 Å². The summed E-state index contributed by atoms with van der Waals surface area (Å²) in [7, 11) is 0. The Kier molecular flexibility index (Phi) is 6.81. The van der Waals surface area contributed by atoms with Crippen molar-refractivity contribution in [1.82, 2.24) is 5.32 Å². The van der Waals surface area contributed by atoms with E-state index in [1.807, 2.05) is 6.92 Å². The highest BCUT2D eigenvalue weighted by molar-refractivity contribution is 6.06. The fraction of sp³-hybridized carbons (Fsp3) is 0.800. The van der Waals surface area contributed by atoms with Gasteiger partial charge in [0.25, 0.3) is 0 Å². The van der Waals surface area contributed by atoms with Crippen molar-refractivity contribution in [1.29, 1.82) is 0 Å². The van der Waals surface area contributed by atoms with Gasteiger partial charge in [-0.3, -0.25) is 10.1 Å². The van der Waals surface area contributed by atoms with Crippen LogP contribution in [0.3, 0.4) is 0 Å². The summed E-state index contributed by atoms with van der Waals surface area (Å²) in [5, 5.41) is 2.88. The lowest BCUT2D eigenvalue weighted by Gasteiger charge is -2.25. The molecule has 6 heteroatoms. The van der Waals surface area contributed by atoms with Crippen molar-refractivity contribution in [3.63, 3.8) is 0 Å². The first-order valence-electron chi connectivity index (χ1n) is 7.66. The number of carbonyl (C=O) groups is 3. The van der Waals surface area contributed by atoms with E-state index in [1.54, 1.807) is 13.8 Å². The summed E-state index contributed by atoms with van der Waals surface area (Å²) in [5.41, 5.74) is -1.53. The molecule has 1 heterocycles. The predicted octanol–water partition coefficient (Wildman–Crippen LogP) is 1.36. The molecule has 0 aromatic rings. The van der Waals surface area contributed by atoms with Gasteiger partial charge in [-0.2, -0.15) is 0 Å². The van der Waals surface area contributed by atoms with Gasteiger partial charge in [0.15, 0.2) is 0 Å². The minimum absolute atomic E-state index is 0.0346. The van der Waals surface area contributed by atoms with Gasteiger partial charge in [0.1, 0.15) is 5.78 Å². The number of rotatable bonds is 8. The molecule has 0 saturated carbocycles. The van der Waals surface area contributed by atoms with Crippen molar-refractivity contribution in [3.05, 3.63) is 0 Å². The summed E-state index contributed by atoms with van der Waals surface area (Å²) in [4.78, 5) is 36.4. The number of hydrogen-bond donors (Lipinski definition) is 1. The third kappa shape index (κ3) is 4.03. The Bertz CT molecular complexity index is 376. The molecule has 0 radical (unpaired) electrons. The van der Waals surface area contributed by atoms with Crippen LogP contribution >= 0.6 is 0 Å². The van der Waals surface area contributed by atoms with Gasteiger partial charge in [0, 0.05) is 6.42 Å². The molecule has 0 aromatic carbocycles. The van der Waals surface area contributed by atoms with Crippen molar-refractivity contribution in [2.45, 2.75) is 64.5 Å². The minimum atomic E-state index is -1.53. The molecule has 0 aromatic heterocycles. The lowest BCUT2D eigenvalue weighted by atomic mass is 9.97. The van der Waals surface area contributed by atoms with Gasteiger partial charge < -0.3 is 9.47 Å². The second-order valence-electron chi connectivity index (χ2n) is 5.15. The van der Waals surface area contributed by atoms with Crippen LogP contribution in [0.25, 0.3) is 0 Å². The normalized spacial score (nSPS) is 20.0. The summed E-state index contributed by atoms with van der Waals surface area (Å²) < 4.78 is 9.98. The van der Waals surface area contributed by atoms with E-state index in [4.69, 9.17) is 9.47 Å². The molecule has 0 bridgehead atoms. The molecule has 1 fully saturated rings. The van der Waals surface area contributed by atoms with Crippen molar-refractivity contribution >= 4 is 17.7 Å². The van der Waals surface area contributed by atoms with Gasteiger partial charge in [-0.25, -0.2) is 9.59 Å². The van der Waals surface area contributed by atoms with Crippen LogP contribution in [-0.4, -0.2) is 42.5 Å². The summed E-state index contributed by atoms with van der Waals surface area (Å²) >= 11 is 0. The zero-order chi connectivity index (χ0) is 15.9. The molecule has 0 aliphatic carbocycles. The van der Waals surface area contributed by atoms with Crippen molar-refractivity contribution in [3.8, 4) is 0 Å². The molecule has 1 atom stereocenters. The quantitative estimate of drug-likeness (QED) is 0.538. The van der Waals surface area contributed by atoms with Crippen LogP contribution in [0.5, 0.6) is 0 Å². The SMILES string of the molecule is CCCCC(=O)C1CCC(C(=O)OCC)(C(=O)OCC)N1. The molecule has 0 amide bonds. The Morgan fingerprint density at radius 2 is 1.67 bits per heavy atom. The molecule has 1 N–H and O–H groups in total. The highest BCUT2D eigenvalue weighted by atomic mass is 16.6. The molecular formula is C15H25NO5. The van der Waals surface area contributed by atoms with Gasteiger partial charge >= 0.3 is 11.9 Å². The number of ketones is 1. The Balaban J connectivity index is 2.84. The van der Waals surface area contributed by atoms with E-state index in [9.17, 15) is 14.4 Å². The number of carbonyl (C=O) groups excluding carboxylic acids is 3. The summed E-state index contributed by atoms with van der Waals surface area (Å²) in [6.45, 7) is 5.72. The van der Waals surface area contributed by atoms with Crippen LogP contribution in [0.2, 0.25) is 0 Å². The van der Waals surface area contributed by atoms with Gasteiger partial charge in [0.05, 0.1) is 19.3 Å². The number of unbranched alkanes of at least 4 members (excludes halogenated alkanes) is 1. The monoisotopic (exact) mass is 299 g/mol. The van der Waals surface area contributed by atoms with Crippen LogP contribution in [0.15, 0.2) is 0 Å². The zero-order valence-corrected chi connectivity index (χ0v) is 13.1. The van der Waals surface area contributed by atoms with E-state index in [0.29, 0.717) is 12.8 Å². The molecule has 1 unspecified atom stereocenters.